The fourth-order valence-electron chi connectivity index (χ4n) is 2.08. The van der Waals surface area contributed by atoms with Gasteiger partial charge in [-0.15, -0.1) is 0 Å². The molecule has 1 aliphatic rings. The minimum Gasteiger partial charge on any atom is -0.368 e. The Kier molecular flexibility index (Phi) is 4.35. The zero-order valence-corrected chi connectivity index (χ0v) is 11.5. The van der Waals surface area contributed by atoms with Crippen molar-refractivity contribution in [2.24, 2.45) is 11.7 Å². The second-order valence-electron chi connectivity index (χ2n) is 4.71. The van der Waals surface area contributed by atoms with Gasteiger partial charge in [0.15, 0.2) is 0 Å². The van der Waals surface area contributed by atoms with Crippen molar-refractivity contribution in [3.63, 3.8) is 0 Å². The van der Waals surface area contributed by atoms with E-state index in [1.165, 1.54) is 25.3 Å². The van der Waals surface area contributed by atoms with Crippen molar-refractivity contribution >= 4 is 21.8 Å². The molecule has 1 aliphatic carbocycles. The summed E-state index contributed by atoms with van der Waals surface area (Å²) in [5.41, 5.74) is 5.65. The van der Waals surface area contributed by atoms with Crippen LogP contribution in [0.3, 0.4) is 0 Å². The van der Waals surface area contributed by atoms with E-state index in [9.17, 15) is 9.18 Å². The molecule has 0 unspecified atom stereocenters. The average Bonchev–Trinajstić information content (AvgIpc) is 2.23. The Hall–Kier alpha value is -0.940. The molecule has 1 saturated carbocycles. The van der Waals surface area contributed by atoms with Crippen molar-refractivity contribution in [1.29, 1.82) is 0 Å². The number of amides is 1. The van der Waals surface area contributed by atoms with Gasteiger partial charge in [0.05, 0.1) is 0 Å². The van der Waals surface area contributed by atoms with E-state index >= 15 is 0 Å². The number of benzene rings is 1. The van der Waals surface area contributed by atoms with Gasteiger partial charge in [0.25, 0.3) is 0 Å². The number of hydrogen-bond acceptors (Lipinski definition) is 2. The van der Waals surface area contributed by atoms with Crippen LogP contribution in [-0.2, 0) is 4.79 Å². The van der Waals surface area contributed by atoms with Crippen LogP contribution >= 0.6 is 15.9 Å². The molecule has 18 heavy (non-hydrogen) atoms. The first-order chi connectivity index (χ1) is 8.58. The summed E-state index contributed by atoms with van der Waals surface area (Å²) in [6, 6.07) is 3.89. The van der Waals surface area contributed by atoms with E-state index in [1.807, 2.05) is 0 Å². The summed E-state index contributed by atoms with van der Waals surface area (Å²) in [6.07, 6.45) is 3.57. The maximum Gasteiger partial charge on any atom is 0.239 e. The highest BCUT2D eigenvalue weighted by atomic mass is 79.9. The fraction of sp³-hybridized carbons (Fsp3) is 0.462. The first-order valence-corrected chi connectivity index (χ1v) is 6.85. The highest BCUT2D eigenvalue weighted by molar-refractivity contribution is 9.10. The molecular weight excluding hydrogens is 299 g/mol. The molecule has 0 spiro atoms. The maximum atomic E-state index is 13.8. The molecule has 1 fully saturated rings. The highest BCUT2D eigenvalue weighted by Crippen LogP contribution is 2.27. The van der Waals surface area contributed by atoms with Gasteiger partial charge < -0.3 is 11.1 Å². The molecule has 1 atom stereocenters. The molecule has 1 amide bonds. The molecule has 5 heteroatoms. The van der Waals surface area contributed by atoms with Crippen LogP contribution < -0.4 is 11.1 Å². The minimum absolute atomic E-state index is 0.310. The van der Waals surface area contributed by atoms with Gasteiger partial charge in [-0.05, 0) is 37.4 Å². The fourth-order valence-corrected chi connectivity index (χ4v) is 2.41. The number of hydrogen-bond donors (Lipinski definition) is 2. The first-order valence-electron chi connectivity index (χ1n) is 6.05. The largest absolute Gasteiger partial charge is 0.368 e. The quantitative estimate of drug-likeness (QED) is 0.877. The summed E-state index contributed by atoms with van der Waals surface area (Å²) in [5.74, 6) is -0.379. The van der Waals surface area contributed by atoms with Gasteiger partial charge in [-0.25, -0.2) is 4.39 Å². The van der Waals surface area contributed by atoms with E-state index in [-0.39, 0.29) is 0 Å². The first kappa shape index (κ1) is 13.5. The van der Waals surface area contributed by atoms with Crippen molar-refractivity contribution in [3.8, 4) is 0 Å². The van der Waals surface area contributed by atoms with Crippen molar-refractivity contribution in [1.82, 2.24) is 5.32 Å². The maximum absolute atomic E-state index is 13.8. The highest BCUT2D eigenvalue weighted by Gasteiger charge is 2.24. The summed E-state index contributed by atoms with van der Waals surface area (Å²) in [4.78, 5) is 11.4. The number of carbonyl (C=O) groups excluding carboxylic acids is 1. The third-order valence-electron chi connectivity index (χ3n) is 3.39. The molecular formula is C13H16BrFN2O. The molecule has 0 aliphatic heterocycles. The van der Waals surface area contributed by atoms with Crippen LogP contribution in [0, 0.1) is 11.7 Å². The van der Waals surface area contributed by atoms with E-state index in [2.05, 4.69) is 21.2 Å². The van der Waals surface area contributed by atoms with Crippen molar-refractivity contribution in [2.45, 2.75) is 25.3 Å². The number of nitrogens with one attached hydrogen (secondary N) is 1. The Morgan fingerprint density at radius 2 is 2.28 bits per heavy atom. The smallest absolute Gasteiger partial charge is 0.239 e. The van der Waals surface area contributed by atoms with E-state index in [0.717, 1.165) is 0 Å². The Bertz CT molecular complexity index is 449. The van der Waals surface area contributed by atoms with Crippen LogP contribution in [0.15, 0.2) is 22.7 Å². The molecule has 1 aromatic rings. The lowest BCUT2D eigenvalue weighted by atomic mass is 9.85. The molecule has 3 N–H and O–H groups in total. The molecule has 0 aromatic heterocycles. The topological polar surface area (TPSA) is 55.1 Å². The van der Waals surface area contributed by atoms with E-state index < -0.39 is 17.8 Å². The molecule has 3 nitrogen and oxygen atoms in total. The molecule has 1 aromatic carbocycles. The Morgan fingerprint density at radius 3 is 2.78 bits per heavy atom. The van der Waals surface area contributed by atoms with Crippen molar-refractivity contribution in [3.05, 3.63) is 34.1 Å². The SMILES string of the molecule is NC(=O)[C@H](NCC1CCC1)c1ccc(Br)cc1F. The van der Waals surface area contributed by atoms with Gasteiger partial charge in [-0.3, -0.25) is 4.79 Å². The number of nitrogens with two attached hydrogens (primary N) is 1. The predicted molar refractivity (Wildman–Crippen MR) is 71.4 cm³/mol. The second-order valence-corrected chi connectivity index (χ2v) is 5.62. The van der Waals surface area contributed by atoms with E-state index in [0.29, 0.717) is 22.5 Å². The third-order valence-corrected chi connectivity index (χ3v) is 3.89. The van der Waals surface area contributed by atoms with Crippen molar-refractivity contribution in [2.75, 3.05) is 6.54 Å². The zero-order valence-electron chi connectivity index (χ0n) is 9.96. The summed E-state index contributed by atoms with van der Waals surface area (Å²) < 4.78 is 14.4. The predicted octanol–water partition coefficient (Wildman–Crippen LogP) is 2.50. The van der Waals surface area contributed by atoms with Crippen LogP contribution in [0.2, 0.25) is 0 Å². The normalized spacial score (nSPS) is 17.2. The van der Waals surface area contributed by atoms with Crippen LogP contribution in [-0.4, -0.2) is 12.5 Å². The summed E-state index contributed by atoms with van der Waals surface area (Å²) in [6.45, 7) is 0.711. The summed E-state index contributed by atoms with van der Waals surface area (Å²) in [7, 11) is 0. The summed E-state index contributed by atoms with van der Waals surface area (Å²) in [5, 5.41) is 3.07. The monoisotopic (exact) mass is 314 g/mol. The molecule has 0 saturated heterocycles. The van der Waals surface area contributed by atoms with Crippen LogP contribution in [0.4, 0.5) is 4.39 Å². The third kappa shape index (κ3) is 3.09. The minimum atomic E-state index is -0.751. The number of halogens is 2. The standard InChI is InChI=1S/C13H16BrFN2O/c14-9-4-5-10(11(15)6-9)12(13(16)18)17-7-8-2-1-3-8/h4-6,8,12,17H,1-3,7H2,(H2,16,18)/t12-/m1/s1. The van der Waals surface area contributed by atoms with Crippen LogP contribution in [0.1, 0.15) is 30.9 Å². The van der Waals surface area contributed by atoms with Crippen LogP contribution in [0.25, 0.3) is 0 Å². The van der Waals surface area contributed by atoms with E-state index in [1.54, 1.807) is 12.1 Å². The van der Waals surface area contributed by atoms with Crippen LogP contribution in [0.5, 0.6) is 0 Å². The molecule has 2 rings (SSSR count). The molecule has 0 bridgehead atoms. The lowest BCUT2D eigenvalue weighted by Gasteiger charge is -2.27. The zero-order chi connectivity index (χ0) is 13.1. The average molecular weight is 315 g/mol. The van der Waals surface area contributed by atoms with Gasteiger partial charge in [0.1, 0.15) is 11.9 Å². The van der Waals surface area contributed by atoms with Gasteiger partial charge in [0.2, 0.25) is 5.91 Å². The Morgan fingerprint density at radius 1 is 1.56 bits per heavy atom. The van der Waals surface area contributed by atoms with Crippen molar-refractivity contribution < 1.29 is 9.18 Å². The molecule has 0 radical (unpaired) electrons. The van der Waals surface area contributed by atoms with E-state index in [4.69, 9.17) is 5.73 Å². The van der Waals surface area contributed by atoms with Gasteiger partial charge >= 0.3 is 0 Å². The second kappa shape index (κ2) is 5.80. The number of rotatable bonds is 5. The van der Waals surface area contributed by atoms with Gasteiger partial charge in [0, 0.05) is 10.0 Å². The number of carbonyl (C=O) groups is 1. The Balaban J connectivity index is 2.10. The molecule has 0 heterocycles. The lowest BCUT2D eigenvalue weighted by molar-refractivity contribution is -0.120. The number of primary amides is 1. The molecule has 98 valence electrons. The summed E-state index contributed by atoms with van der Waals surface area (Å²) >= 11 is 3.19. The van der Waals surface area contributed by atoms with Gasteiger partial charge in [-0.2, -0.15) is 0 Å². The lowest BCUT2D eigenvalue weighted by Crippen LogP contribution is -2.38. The Labute approximate surface area is 114 Å². The van der Waals surface area contributed by atoms with Gasteiger partial charge in [-0.1, -0.05) is 28.4 Å².